The average Bonchev–Trinajstić information content (AvgIpc) is 2.59. The van der Waals surface area contributed by atoms with Crippen LogP contribution in [-0.4, -0.2) is 19.0 Å². The van der Waals surface area contributed by atoms with Crippen molar-refractivity contribution in [3.63, 3.8) is 0 Å². The molecule has 3 aliphatic rings. The Morgan fingerprint density at radius 1 is 1.14 bits per heavy atom. The number of rotatable bonds is 0. The number of hydrogen-bond donors (Lipinski definition) is 1. The SMILES string of the molecule is CC1(C)/C(=N/O)CC[C@]2(C)C3=CCCC[C@]3(C#C[Si](C)(C)C(C)(C)C)CC[C@@H]12. The summed E-state index contributed by atoms with van der Waals surface area (Å²) >= 11 is 0. The van der Waals surface area contributed by atoms with Crippen LogP contribution in [0.1, 0.15) is 86.5 Å². The molecule has 3 rings (SSSR count). The monoisotopic (exact) mass is 399 g/mol. The maximum absolute atomic E-state index is 9.59. The molecular weight excluding hydrogens is 358 g/mol. The predicted octanol–water partition coefficient (Wildman–Crippen LogP) is 7.20. The summed E-state index contributed by atoms with van der Waals surface area (Å²) in [5.41, 5.74) is 6.75. The van der Waals surface area contributed by atoms with E-state index in [0.29, 0.717) is 11.0 Å². The highest BCUT2D eigenvalue weighted by Crippen LogP contribution is 2.65. The molecule has 2 nitrogen and oxygen atoms in total. The van der Waals surface area contributed by atoms with Crippen LogP contribution in [0, 0.1) is 33.6 Å². The van der Waals surface area contributed by atoms with Crippen molar-refractivity contribution in [2.45, 2.75) is 105 Å². The summed E-state index contributed by atoms with van der Waals surface area (Å²) in [7, 11) is -1.62. The number of fused-ring (bicyclic) bond motifs is 3. The molecule has 0 heterocycles. The van der Waals surface area contributed by atoms with Gasteiger partial charge in [-0.05, 0) is 66.9 Å². The van der Waals surface area contributed by atoms with Crippen LogP contribution >= 0.6 is 0 Å². The second-order valence-corrected chi connectivity index (χ2v) is 17.0. The zero-order valence-electron chi connectivity index (χ0n) is 19.5. The highest BCUT2D eigenvalue weighted by molar-refractivity contribution is 6.87. The van der Waals surface area contributed by atoms with Gasteiger partial charge < -0.3 is 5.21 Å². The average molecular weight is 400 g/mol. The Bertz CT molecular complexity index is 758. The lowest BCUT2D eigenvalue weighted by Gasteiger charge is -2.60. The van der Waals surface area contributed by atoms with Gasteiger partial charge in [0.2, 0.25) is 0 Å². The van der Waals surface area contributed by atoms with E-state index >= 15 is 0 Å². The first-order valence-corrected chi connectivity index (χ1v) is 14.3. The molecule has 2 saturated carbocycles. The highest BCUT2D eigenvalue weighted by atomic mass is 28.3. The fraction of sp³-hybridized carbons (Fsp3) is 0.800. The Morgan fingerprint density at radius 3 is 2.43 bits per heavy atom. The minimum absolute atomic E-state index is 0.0426. The number of oxime groups is 1. The molecule has 0 aromatic rings. The molecule has 0 amide bonds. The summed E-state index contributed by atoms with van der Waals surface area (Å²) in [5, 5.41) is 13.6. The molecule has 156 valence electrons. The van der Waals surface area contributed by atoms with E-state index in [1.54, 1.807) is 5.57 Å². The van der Waals surface area contributed by atoms with Gasteiger partial charge in [0.05, 0.1) is 11.1 Å². The topological polar surface area (TPSA) is 32.6 Å². The lowest BCUT2D eigenvalue weighted by molar-refractivity contribution is 0.0322. The summed E-state index contributed by atoms with van der Waals surface area (Å²) < 4.78 is 0. The number of nitrogens with zero attached hydrogens (tertiary/aromatic N) is 1. The fourth-order valence-electron chi connectivity index (χ4n) is 6.12. The Hall–Kier alpha value is -1.01. The van der Waals surface area contributed by atoms with Crippen molar-refractivity contribution < 1.29 is 5.21 Å². The molecule has 3 atom stereocenters. The molecular formula is C25H41NOSi. The van der Waals surface area contributed by atoms with E-state index in [4.69, 9.17) is 0 Å². The van der Waals surface area contributed by atoms with Gasteiger partial charge in [0.25, 0.3) is 0 Å². The molecule has 1 N–H and O–H groups in total. The zero-order chi connectivity index (χ0) is 21.0. The van der Waals surface area contributed by atoms with Crippen molar-refractivity contribution in [1.82, 2.24) is 0 Å². The molecule has 0 aromatic heterocycles. The van der Waals surface area contributed by atoms with Crippen molar-refractivity contribution in [2.24, 2.45) is 27.3 Å². The maximum Gasteiger partial charge on any atom is 0.137 e. The minimum Gasteiger partial charge on any atom is -0.411 e. The van der Waals surface area contributed by atoms with E-state index in [0.717, 1.165) is 18.6 Å². The van der Waals surface area contributed by atoms with Crippen LogP contribution in [0.4, 0.5) is 0 Å². The van der Waals surface area contributed by atoms with Gasteiger partial charge in [-0.1, -0.05) is 71.8 Å². The summed E-state index contributed by atoms with van der Waals surface area (Å²) in [6.07, 6.45) is 10.6. The van der Waals surface area contributed by atoms with Crippen LogP contribution in [0.5, 0.6) is 0 Å². The number of allylic oxidation sites excluding steroid dienone is 2. The maximum atomic E-state index is 9.59. The third kappa shape index (κ3) is 3.20. The number of hydrogen-bond acceptors (Lipinski definition) is 2. The van der Waals surface area contributed by atoms with Crippen molar-refractivity contribution in [2.75, 3.05) is 0 Å². The van der Waals surface area contributed by atoms with E-state index in [9.17, 15) is 5.21 Å². The summed E-state index contributed by atoms with van der Waals surface area (Å²) in [5.74, 6) is 4.49. The normalized spacial score (nSPS) is 36.6. The van der Waals surface area contributed by atoms with Gasteiger partial charge in [-0.15, -0.1) is 5.54 Å². The third-order valence-corrected chi connectivity index (χ3v) is 13.5. The molecule has 0 bridgehead atoms. The van der Waals surface area contributed by atoms with Crippen molar-refractivity contribution >= 4 is 13.8 Å². The Kier molecular flexibility index (Phi) is 5.24. The fourth-order valence-corrected chi connectivity index (χ4v) is 7.05. The molecule has 0 radical (unpaired) electrons. The zero-order valence-corrected chi connectivity index (χ0v) is 20.5. The van der Waals surface area contributed by atoms with Gasteiger partial charge in [-0.25, -0.2) is 0 Å². The van der Waals surface area contributed by atoms with Crippen molar-refractivity contribution in [3.05, 3.63) is 11.6 Å². The van der Waals surface area contributed by atoms with Crippen LogP contribution in [0.25, 0.3) is 0 Å². The van der Waals surface area contributed by atoms with Gasteiger partial charge in [-0.3, -0.25) is 0 Å². The molecule has 2 fully saturated rings. The van der Waals surface area contributed by atoms with Gasteiger partial charge in [0.15, 0.2) is 0 Å². The van der Waals surface area contributed by atoms with E-state index < -0.39 is 8.07 Å². The third-order valence-electron chi connectivity index (χ3n) is 9.02. The summed E-state index contributed by atoms with van der Waals surface area (Å²) in [6, 6.07) is 0. The smallest absolute Gasteiger partial charge is 0.137 e. The lowest BCUT2D eigenvalue weighted by Crippen LogP contribution is -2.54. The Morgan fingerprint density at radius 2 is 1.82 bits per heavy atom. The molecule has 28 heavy (non-hydrogen) atoms. The summed E-state index contributed by atoms with van der Waals surface area (Å²) in [4.78, 5) is 0. The van der Waals surface area contributed by atoms with Crippen molar-refractivity contribution in [1.29, 1.82) is 0 Å². The Balaban J connectivity index is 2.06. The molecule has 0 aliphatic heterocycles. The van der Waals surface area contributed by atoms with E-state index in [1.165, 1.54) is 32.1 Å². The second kappa shape index (κ2) is 6.76. The first-order chi connectivity index (χ1) is 12.8. The summed E-state index contributed by atoms with van der Waals surface area (Å²) in [6.45, 7) is 19.0. The predicted molar refractivity (Wildman–Crippen MR) is 122 cm³/mol. The quantitative estimate of drug-likeness (QED) is 0.151. The van der Waals surface area contributed by atoms with Gasteiger partial charge in [-0.2, -0.15) is 0 Å². The first-order valence-electron chi connectivity index (χ1n) is 11.3. The van der Waals surface area contributed by atoms with Gasteiger partial charge in [0.1, 0.15) is 8.07 Å². The minimum atomic E-state index is -1.62. The molecule has 3 heteroatoms. The lowest BCUT2D eigenvalue weighted by atomic mass is 9.44. The second-order valence-electron chi connectivity index (χ2n) is 12.0. The van der Waals surface area contributed by atoms with E-state index in [2.05, 4.69) is 77.3 Å². The van der Waals surface area contributed by atoms with Crippen LogP contribution < -0.4 is 0 Å². The Labute approximate surface area is 174 Å². The molecule has 0 unspecified atom stereocenters. The standard InChI is InChI=1S/C25H41NOSi/c1-22(2,3)28(7,8)18-17-25-14-10-9-11-20(25)24(6)15-13-21(26-27)23(4,5)19(24)12-16-25/h11,19,27H,9-10,12-16H2,1-8H3/b26-21+/t19-,24-,25+/m0/s1. The molecule has 0 spiro atoms. The van der Waals surface area contributed by atoms with E-state index in [-0.39, 0.29) is 16.2 Å². The van der Waals surface area contributed by atoms with Crippen LogP contribution in [-0.2, 0) is 0 Å². The molecule has 0 aromatic carbocycles. The van der Waals surface area contributed by atoms with Gasteiger partial charge in [0, 0.05) is 5.41 Å². The molecule has 3 aliphatic carbocycles. The van der Waals surface area contributed by atoms with Crippen LogP contribution in [0.15, 0.2) is 16.8 Å². The van der Waals surface area contributed by atoms with Gasteiger partial charge >= 0.3 is 0 Å². The molecule has 0 saturated heterocycles. The largest absolute Gasteiger partial charge is 0.411 e. The highest BCUT2D eigenvalue weighted by Gasteiger charge is 2.58. The first kappa shape index (κ1) is 21.7. The van der Waals surface area contributed by atoms with Crippen molar-refractivity contribution in [3.8, 4) is 11.5 Å². The van der Waals surface area contributed by atoms with Crippen LogP contribution in [0.3, 0.4) is 0 Å². The van der Waals surface area contributed by atoms with E-state index in [1.807, 2.05) is 0 Å². The van der Waals surface area contributed by atoms with Crippen LogP contribution in [0.2, 0.25) is 18.1 Å².